The molecule has 1 saturated heterocycles. The van der Waals surface area contributed by atoms with Crippen LogP contribution in [0.15, 0.2) is 12.3 Å². The van der Waals surface area contributed by atoms with Gasteiger partial charge >= 0.3 is 0 Å². The minimum absolute atomic E-state index is 0.260. The predicted molar refractivity (Wildman–Crippen MR) is 68.7 cm³/mol. The van der Waals surface area contributed by atoms with Crippen LogP contribution in [0.3, 0.4) is 0 Å². The zero-order valence-electron chi connectivity index (χ0n) is 10.6. The first-order valence-corrected chi connectivity index (χ1v) is 6.26. The van der Waals surface area contributed by atoms with Crippen molar-refractivity contribution in [2.24, 2.45) is 5.92 Å². The second-order valence-corrected chi connectivity index (χ2v) is 4.59. The lowest BCUT2D eigenvalue weighted by Crippen LogP contribution is -2.30. The van der Waals surface area contributed by atoms with Gasteiger partial charge in [-0.1, -0.05) is 6.92 Å². The highest BCUT2D eigenvalue weighted by atomic mass is 16.5. The number of hydrogen-bond acceptors (Lipinski definition) is 4. The Morgan fingerprint density at radius 2 is 2.47 bits per heavy atom. The summed E-state index contributed by atoms with van der Waals surface area (Å²) in [6.45, 7) is 6.80. The summed E-state index contributed by atoms with van der Waals surface area (Å²) in [5.74, 6) is 1.14. The largest absolute Gasteiger partial charge is 0.383 e. The number of aromatic nitrogens is 1. The van der Waals surface area contributed by atoms with Crippen molar-refractivity contribution in [2.75, 3.05) is 25.5 Å². The van der Waals surface area contributed by atoms with E-state index < -0.39 is 0 Å². The number of nitrogens with one attached hydrogen (secondary N) is 1. The quantitative estimate of drug-likeness (QED) is 0.833. The molecule has 3 N–H and O–H groups in total. The molecule has 1 aliphatic heterocycles. The third-order valence-corrected chi connectivity index (χ3v) is 3.41. The van der Waals surface area contributed by atoms with Crippen LogP contribution in [0.1, 0.15) is 30.5 Å². The molecule has 94 valence electrons. The molecule has 1 aromatic rings. The van der Waals surface area contributed by atoms with Gasteiger partial charge in [-0.3, -0.25) is 0 Å². The van der Waals surface area contributed by atoms with Crippen LogP contribution in [-0.4, -0.2) is 24.7 Å². The molecule has 0 saturated carbocycles. The molecule has 0 bridgehead atoms. The molecule has 1 aromatic heterocycles. The van der Waals surface area contributed by atoms with Crippen LogP contribution >= 0.6 is 0 Å². The van der Waals surface area contributed by atoms with Crippen molar-refractivity contribution in [1.82, 2.24) is 10.3 Å². The topological polar surface area (TPSA) is 60.2 Å². The number of rotatable bonds is 4. The van der Waals surface area contributed by atoms with Crippen molar-refractivity contribution in [3.8, 4) is 0 Å². The van der Waals surface area contributed by atoms with Gasteiger partial charge in [-0.25, -0.2) is 4.98 Å². The third kappa shape index (κ3) is 2.58. The zero-order valence-corrected chi connectivity index (χ0v) is 10.6. The molecular formula is C13H21N3O. The fraction of sp³-hybridized carbons (Fsp3) is 0.615. The average molecular weight is 235 g/mol. The second kappa shape index (κ2) is 5.47. The van der Waals surface area contributed by atoms with Gasteiger partial charge in [-0.2, -0.15) is 0 Å². The molecule has 1 aliphatic rings. The Kier molecular flexibility index (Phi) is 3.97. The van der Waals surface area contributed by atoms with E-state index in [9.17, 15) is 0 Å². The molecule has 2 rings (SSSR count). The van der Waals surface area contributed by atoms with E-state index in [-0.39, 0.29) is 6.04 Å². The van der Waals surface area contributed by atoms with Gasteiger partial charge in [0.05, 0.1) is 6.61 Å². The summed E-state index contributed by atoms with van der Waals surface area (Å²) in [6, 6.07) is 2.28. The number of anilines is 1. The SMILES string of the molecule is CCNC(c1c(C)ccnc1N)C1CCOC1. The summed E-state index contributed by atoms with van der Waals surface area (Å²) in [4.78, 5) is 4.21. The van der Waals surface area contributed by atoms with Crippen LogP contribution in [-0.2, 0) is 4.74 Å². The van der Waals surface area contributed by atoms with Gasteiger partial charge < -0.3 is 15.8 Å². The average Bonchev–Trinajstić information content (AvgIpc) is 2.80. The van der Waals surface area contributed by atoms with Gasteiger partial charge in [-0.05, 0) is 31.5 Å². The van der Waals surface area contributed by atoms with Gasteiger partial charge in [0.2, 0.25) is 0 Å². The molecule has 2 heterocycles. The van der Waals surface area contributed by atoms with E-state index in [2.05, 4.69) is 24.1 Å². The maximum Gasteiger partial charge on any atom is 0.128 e. The normalized spacial score (nSPS) is 21.6. The number of aryl methyl sites for hydroxylation is 1. The Hall–Kier alpha value is -1.13. The maximum atomic E-state index is 6.03. The monoisotopic (exact) mass is 235 g/mol. The van der Waals surface area contributed by atoms with Gasteiger partial charge in [0.25, 0.3) is 0 Å². The number of nitrogens with zero attached hydrogens (tertiary/aromatic N) is 1. The number of pyridine rings is 1. The summed E-state index contributed by atoms with van der Waals surface area (Å²) >= 11 is 0. The summed E-state index contributed by atoms with van der Waals surface area (Å²) in [6.07, 6.45) is 2.85. The minimum atomic E-state index is 0.260. The van der Waals surface area contributed by atoms with E-state index in [1.54, 1.807) is 6.20 Å². The molecule has 0 amide bonds. The lowest BCUT2D eigenvalue weighted by atomic mass is 9.90. The minimum Gasteiger partial charge on any atom is -0.383 e. The molecule has 17 heavy (non-hydrogen) atoms. The Balaban J connectivity index is 2.31. The van der Waals surface area contributed by atoms with Crippen LogP contribution in [0.4, 0.5) is 5.82 Å². The first-order chi connectivity index (χ1) is 8.24. The van der Waals surface area contributed by atoms with Gasteiger partial charge in [0.1, 0.15) is 5.82 Å². The van der Waals surface area contributed by atoms with Crippen LogP contribution in [0, 0.1) is 12.8 Å². The van der Waals surface area contributed by atoms with E-state index in [4.69, 9.17) is 10.5 Å². The lowest BCUT2D eigenvalue weighted by Gasteiger charge is -2.26. The van der Waals surface area contributed by atoms with Crippen LogP contribution in [0.5, 0.6) is 0 Å². The van der Waals surface area contributed by atoms with Gasteiger partial charge in [0, 0.05) is 30.3 Å². The molecule has 1 fully saturated rings. The standard InChI is InChI=1S/C13H21N3O/c1-3-15-12(10-5-7-17-8-10)11-9(2)4-6-16-13(11)14/h4,6,10,12,15H,3,5,7-8H2,1-2H3,(H2,14,16). The summed E-state index contributed by atoms with van der Waals surface area (Å²) in [5, 5.41) is 3.52. The molecule has 0 aromatic carbocycles. The zero-order chi connectivity index (χ0) is 12.3. The van der Waals surface area contributed by atoms with Crippen LogP contribution < -0.4 is 11.1 Å². The third-order valence-electron chi connectivity index (χ3n) is 3.41. The first kappa shape index (κ1) is 12.3. The van der Waals surface area contributed by atoms with Crippen molar-refractivity contribution < 1.29 is 4.74 Å². The number of hydrogen-bond donors (Lipinski definition) is 2. The van der Waals surface area contributed by atoms with E-state index in [0.717, 1.165) is 31.7 Å². The van der Waals surface area contributed by atoms with Gasteiger partial charge in [-0.15, -0.1) is 0 Å². The van der Waals surface area contributed by atoms with Crippen molar-refractivity contribution in [3.63, 3.8) is 0 Å². The molecule has 4 heteroatoms. The molecular weight excluding hydrogens is 214 g/mol. The lowest BCUT2D eigenvalue weighted by molar-refractivity contribution is 0.177. The highest BCUT2D eigenvalue weighted by Crippen LogP contribution is 2.32. The van der Waals surface area contributed by atoms with Crippen molar-refractivity contribution in [3.05, 3.63) is 23.4 Å². The molecule has 0 radical (unpaired) electrons. The molecule has 0 spiro atoms. The van der Waals surface area contributed by atoms with E-state index in [0.29, 0.717) is 11.7 Å². The fourth-order valence-corrected chi connectivity index (χ4v) is 2.54. The molecule has 4 nitrogen and oxygen atoms in total. The first-order valence-electron chi connectivity index (χ1n) is 6.26. The Morgan fingerprint density at radius 1 is 1.65 bits per heavy atom. The van der Waals surface area contributed by atoms with E-state index >= 15 is 0 Å². The maximum absolute atomic E-state index is 6.03. The molecule has 2 atom stereocenters. The summed E-state index contributed by atoms with van der Waals surface area (Å²) in [7, 11) is 0. The van der Waals surface area contributed by atoms with Crippen LogP contribution in [0.25, 0.3) is 0 Å². The Bertz CT molecular complexity index is 355. The summed E-state index contributed by atoms with van der Waals surface area (Å²) in [5.41, 5.74) is 8.38. The van der Waals surface area contributed by atoms with Crippen LogP contribution in [0.2, 0.25) is 0 Å². The summed E-state index contributed by atoms with van der Waals surface area (Å²) < 4.78 is 5.48. The smallest absolute Gasteiger partial charge is 0.128 e. The number of nitrogen functional groups attached to an aromatic ring is 1. The van der Waals surface area contributed by atoms with Crippen molar-refractivity contribution in [1.29, 1.82) is 0 Å². The number of ether oxygens (including phenoxy) is 1. The van der Waals surface area contributed by atoms with Crippen molar-refractivity contribution >= 4 is 5.82 Å². The predicted octanol–water partition coefficient (Wildman–Crippen LogP) is 1.66. The Labute approximate surface area is 103 Å². The molecule has 0 aliphatic carbocycles. The van der Waals surface area contributed by atoms with Crippen molar-refractivity contribution in [2.45, 2.75) is 26.3 Å². The van der Waals surface area contributed by atoms with E-state index in [1.807, 2.05) is 6.07 Å². The highest BCUT2D eigenvalue weighted by molar-refractivity contribution is 5.46. The second-order valence-electron chi connectivity index (χ2n) is 4.59. The number of nitrogens with two attached hydrogens (primary N) is 1. The van der Waals surface area contributed by atoms with Gasteiger partial charge in [0.15, 0.2) is 0 Å². The van der Waals surface area contributed by atoms with E-state index in [1.165, 1.54) is 5.56 Å². The highest BCUT2D eigenvalue weighted by Gasteiger charge is 2.29. The Morgan fingerprint density at radius 3 is 3.06 bits per heavy atom. The molecule has 2 unspecified atom stereocenters. The fourth-order valence-electron chi connectivity index (χ4n) is 2.54.